The summed E-state index contributed by atoms with van der Waals surface area (Å²) in [4.78, 5) is 28.9. The average Bonchev–Trinajstić information content (AvgIpc) is 3.20. The Hall–Kier alpha value is -2.83. The standard InChI is InChI=1S/C21H26N4O3/c1-15-6-2-3-7-16(15)13-25-11-10-24(14-19(25)26)18-12-22-23-21(27)20(18)28-17-8-4-5-9-17/h2-3,6-7,12,17H,4-5,8-11,13-14H2,1H3,(H,23,27). The zero-order valence-electron chi connectivity index (χ0n) is 16.2. The number of hydrogen-bond donors (Lipinski definition) is 1. The number of hydrogen-bond acceptors (Lipinski definition) is 5. The minimum absolute atomic E-state index is 0.0431. The van der Waals surface area contributed by atoms with Crippen LogP contribution in [0.4, 0.5) is 5.69 Å². The van der Waals surface area contributed by atoms with E-state index in [1.807, 2.05) is 21.9 Å². The first-order chi connectivity index (χ1) is 13.6. The summed E-state index contributed by atoms with van der Waals surface area (Å²) in [5.41, 5.74) is 2.62. The first-order valence-electron chi connectivity index (χ1n) is 9.93. The van der Waals surface area contributed by atoms with Crippen molar-refractivity contribution in [1.82, 2.24) is 15.1 Å². The van der Waals surface area contributed by atoms with Crippen molar-refractivity contribution in [3.63, 3.8) is 0 Å². The van der Waals surface area contributed by atoms with Crippen LogP contribution in [-0.2, 0) is 11.3 Å². The molecule has 148 valence electrons. The highest BCUT2D eigenvalue weighted by molar-refractivity contribution is 5.83. The second kappa shape index (κ2) is 8.04. The van der Waals surface area contributed by atoms with Crippen LogP contribution in [0.5, 0.6) is 5.75 Å². The number of nitrogens with one attached hydrogen (secondary N) is 1. The van der Waals surface area contributed by atoms with Gasteiger partial charge in [0.15, 0.2) is 0 Å². The molecule has 0 unspecified atom stereocenters. The van der Waals surface area contributed by atoms with Gasteiger partial charge in [-0.3, -0.25) is 9.59 Å². The lowest BCUT2D eigenvalue weighted by molar-refractivity contribution is -0.131. The minimum atomic E-state index is -0.334. The number of H-pyrrole nitrogens is 1. The number of amides is 1. The van der Waals surface area contributed by atoms with E-state index in [-0.39, 0.29) is 24.1 Å². The fourth-order valence-electron chi connectivity index (χ4n) is 3.96. The van der Waals surface area contributed by atoms with Crippen molar-refractivity contribution in [1.29, 1.82) is 0 Å². The topological polar surface area (TPSA) is 78.5 Å². The molecule has 1 N–H and O–H groups in total. The second-order valence-corrected chi connectivity index (χ2v) is 7.60. The van der Waals surface area contributed by atoms with Gasteiger partial charge in [0.2, 0.25) is 11.7 Å². The molecule has 7 heteroatoms. The molecular formula is C21H26N4O3. The molecule has 2 heterocycles. The smallest absolute Gasteiger partial charge is 0.308 e. The number of carbonyl (C=O) groups is 1. The molecule has 0 bridgehead atoms. The predicted molar refractivity (Wildman–Crippen MR) is 107 cm³/mol. The van der Waals surface area contributed by atoms with Gasteiger partial charge in [-0.1, -0.05) is 24.3 Å². The Labute approximate surface area is 164 Å². The number of piperazine rings is 1. The summed E-state index contributed by atoms with van der Waals surface area (Å²) in [6, 6.07) is 8.12. The molecule has 0 atom stereocenters. The van der Waals surface area contributed by atoms with E-state index in [1.165, 1.54) is 5.56 Å². The molecule has 2 aromatic rings. The highest BCUT2D eigenvalue weighted by Crippen LogP contribution is 2.29. The lowest BCUT2D eigenvalue weighted by atomic mass is 10.1. The molecule has 2 aliphatic rings. The molecule has 1 saturated heterocycles. The Kier molecular flexibility index (Phi) is 5.32. The molecule has 0 spiro atoms. The van der Waals surface area contributed by atoms with Gasteiger partial charge in [-0.05, 0) is 43.7 Å². The number of aromatic nitrogens is 2. The second-order valence-electron chi connectivity index (χ2n) is 7.60. The maximum atomic E-state index is 12.8. The predicted octanol–water partition coefficient (Wildman–Crippen LogP) is 2.25. The SMILES string of the molecule is Cc1ccccc1CN1CCN(c2cn[nH]c(=O)c2OC2CCCC2)CC1=O. The van der Waals surface area contributed by atoms with Crippen molar-refractivity contribution in [2.24, 2.45) is 0 Å². The third kappa shape index (κ3) is 3.88. The van der Waals surface area contributed by atoms with Crippen LogP contribution >= 0.6 is 0 Å². The van der Waals surface area contributed by atoms with Crippen molar-refractivity contribution in [2.75, 3.05) is 24.5 Å². The summed E-state index contributed by atoms with van der Waals surface area (Å²) >= 11 is 0. The van der Waals surface area contributed by atoms with Crippen LogP contribution < -0.4 is 15.2 Å². The Morgan fingerprint density at radius 3 is 2.71 bits per heavy atom. The summed E-state index contributed by atoms with van der Waals surface area (Å²) in [6.45, 7) is 4.13. The zero-order chi connectivity index (χ0) is 19.5. The molecule has 1 aromatic carbocycles. The monoisotopic (exact) mass is 382 g/mol. The Morgan fingerprint density at radius 1 is 1.18 bits per heavy atom. The largest absolute Gasteiger partial charge is 0.483 e. The van der Waals surface area contributed by atoms with E-state index >= 15 is 0 Å². The average molecular weight is 382 g/mol. The number of rotatable bonds is 5. The fourth-order valence-corrected chi connectivity index (χ4v) is 3.96. The van der Waals surface area contributed by atoms with E-state index in [4.69, 9.17) is 4.74 Å². The number of anilines is 1. The summed E-state index contributed by atoms with van der Waals surface area (Å²) in [5.74, 6) is 0.337. The summed E-state index contributed by atoms with van der Waals surface area (Å²) < 4.78 is 6.01. The van der Waals surface area contributed by atoms with E-state index in [9.17, 15) is 9.59 Å². The van der Waals surface area contributed by atoms with Gasteiger partial charge in [0.05, 0.1) is 18.8 Å². The number of carbonyl (C=O) groups excluding carboxylic acids is 1. The summed E-state index contributed by atoms with van der Waals surface area (Å²) in [7, 11) is 0. The van der Waals surface area contributed by atoms with Gasteiger partial charge in [0.25, 0.3) is 0 Å². The molecule has 1 saturated carbocycles. The van der Waals surface area contributed by atoms with Crippen LogP contribution in [0.1, 0.15) is 36.8 Å². The molecule has 1 aromatic heterocycles. The van der Waals surface area contributed by atoms with Gasteiger partial charge in [0.1, 0.15) is 5.69 Å². The third-order valence-corrected chi connectivity index (χ3v) is 5.66. The lowest BCUT2D eigenvalue weighted by Gasteiger charge is -2.36. The number of ether oxygens (including phenoxy) is 1. The van der Waals surface area contributed by atoms with Crippen LogP contribution in [0, 0.1) is 6.92 Å². The molecule has 1 aliphatic carbocycles. The van der Waals surface area contributed by atoms with Crippen molar-refractivity contribution in [3.05, 3.63) is 51.9 Å². The number of benzene rings is 1. The molecule has 28 heavy (non-hydrogen) atoms. The van der Waals surface area contributed by atoms with Gasteiger partial charge in [-0.2, -0.15) is 5.10 Å². The first-order valence-corrected chi connectivity index (χ1v) is 9.93. The normalized spacial score (nSPS) is 18.0. The maximum Gasteiger partial charge on any atom is 0.308 e. The lowest BCUT2D eigenvalue weighted by Crippen LogP contribution is -2.50. The van der Waals surface area contributed by atoms with Gasteiger partial charge in [0, 0.05) is 19.6 Å². The zero-order valence-corrected chi connectivity index (χ0v) is 16.2. The van der Waals surface area contributed by atoms with Crippen LogP contribution in [0.2, 0.25) is 0 Å². The van der Waals surface area contributed by atoms with Crippen molar-refractivity contribution in [2.45, 2.75) is 45.3 Å². The molecule has 1 aliphatic heterocycles. The van der Waals surface area contributed by atoms with Gasteiger partial charge >= 0.3 is 5.56 Å². The molecular weight excluding hydrogens is 356 g/mol. The third-order valence-electron chi connectivity index (χ3n) is 5.66. The highest BCUT2D eigenvalue weighted by Gasteiger charge is 2.28. The van der Waals surface area contributed by atoms with E-state index in [2.05, 4.69) is 29.3 Å². The number of nitrogens with zero attached hydrogens (tertiary/aromatic N) is 3. The van der Waals surface area contributed by atoms with E-state index in [0.29, 0.717) is 31.1 Å². The van der Waals surface area contributed by atoms with E-state index < -0.39 is 0 Å². The maximum absolute atomic E-state index is 12.8. The molecule has 1 amide bonds. The van der Waals surface area contributed by atoms with Crippen LogP contribution in [0.15, 0.2) is 35.3 Å². The fraction of sp³-hybridized carbons (Fsp3) is 0.476. The van der Waals surface area contributed by atoms with Gasteiger partial charge in [-0.15, -0.1) is 0 Å². The Morgan fingerprint density at radius 2 is 1.96 bits per heavy atom. The molecule has 4 rings (SSSR count). The van der Waals surface area contributed by atoms with Crippen LogP contribution in [0.3, 0.4) is 0 Å². The minimum Gasteiger partial charge on any atom is -0.483 e. The van der Waals surface area contributed by atoms with Crippen molar-refractivity contribution < 1.29 is 9.53 Å². The van der Waals surface area contributed by atoms with Crippen LogP contribution in [-0.4, -0.2) is 46.7 Å². The highest BCUT2D eigenvalue weighted by atomic mass is 16.5. The van der Waals surface area contributed by atoms with Gasteiger partial charge in [-0.25, -0.2) is 5.10 Å². The molecule has 2 fully saturated rings. The van der Waals surface area contributed by atoms with E-state index in [1.54, 1.807) is 6.20 Å². The number of aryl methyl sites for hydroxylation is 1. The van der Waals surface area contributed by atoms with Gasteiger partial charge < -0.3 is 14.5 Å². The van der Waals surface area contributed by atoms with Crippen molar-refractivity contribution >= 4 is 11.6 Å². The summed E-state index contributed by atoms with van der Waals surface area (Å²) in [6.07, 6.45) is 5.84. The molecule has 0 radical (unpaired) electrons. The Bertz CT molecular complexity index is 905. The Balaban J connectivity index is 1.48. The van der Waals surface area contributed by atoms with E-state index in [0.717, 1.165) is 31.2 Å². The molecule has 7 nitrogen and oxygen atoms in total. The van der Waals surface area contributed by atoms with Crippen molar-refractivity contribution in [3.8, 4) is 5.75 Å². The summed E-state index contributed by atoms with van der Waals surface area (Å²) in [5, 5.41) is 6.39. The quantitative estimate of drug-likeness (QED) is 0.858. The van der Waals surface area contributed by atoms with Crippen LogP contribution in [0.25, 0.3) is 0 Å². The number of aromatic amines is 1. The first kappa shape index (κ1) is 18.5.